The Bertz CT molecular complexity index is 388. The van der Waals surface area contributed by atoms with E-state index in [1.165, 1.54) is 18.3 Å². The van der Waals surface area contributed by atoms with Crippen LogP contribution in [0.3, 0.4) is 0 Å². The van der Waals surface area contributed by atoms with Crippen molar-refractivity contribution >= 4 is 10.0 Å². The second-order valence-electron chi connectivity index (χ2n) is 2.28. The molecule has 2 N–H and O–H groups in total. The second kappa shape index (κ2) is 3.71. The van der Waals surface area contributed by atoms with Crippen molar-refractivity contribution in [2.75, 3.05) is 6.61 Å². The van der Waals surface area contributed by atoms with Gasteiger partial charge >= 0.3 is 0 Å². The molecule has 0 aliphatic heterocycles. The van der Waals surface area contributed by atoms with E-state index in [4.69, 9.17) is 9.88 Å². The summed E-state index contributed by atoms with van der Waals surface area (Å²) in [7, 11) is -3.74. The first kappa shape index (κ1) is 9.94. The summed E-state index contributed by atoms with van der Waals surface area (Å²) in [6.45, 7) is 2.08. The van der Waals surface area contributed by atoms with Gasteiger partial charge in [0.05, 0.1) is 6.61 Å². The minimum absolute atomic E-state index is 0.0486. The van der Waals surface area contributed by atoms with E-state index in [1.807, 2.05) is 0 Å². The molecule has 1 rings (SSSR count). The molecule has 1 aromatic heterocycles. The number of nitrogens with zero attached hydrogens (tertiary/aromatic N) is 1. The van der Waals surface area contributed by atoms with Gasteiger partial charge in [-0.15, -0.1) is 0 Å². The maximum atomic E-state index is 11.0. The van der Waals surface area contributed by atoms with Crippen molar-refractivity contribution in [3.8, 4) is 5.88 Å². The third-order valence-electron chi connectivity index (χ3n) is 1.32. The molecule has 1 aromatic rings. The fraction of sp³-hybridized carbons (Fsp3) is 0.286. The van der Waals surface area contributed by atoms with E-state index in [0.29, 0.717) is 6.61 Å². The largest absolute Gasteiger partial charge is 0.477 e. The zero-order chi connectivity index (χ0) is 9.90. The van der Waals surface area contributed by atoms with Gasteiger partial charge in [0.2, 0.25) is 15.9 Å². The highest BCUT2D eigenvalue weighted by Crippen LogP contribution is 2.18. The first-order valence-corrected chi connectivity index (χ1v) is 5.21. The quantitative estimate of drug-likeness (QED) is 0.755. The average Bonchev–Trinajstić information content (AvgIpc) is 2.04. The zero-order valence-electron chi connectivity index (χ0n) is 7.10. The Morgan fingerprint density at radius 2 is 2.31 bits per heavy atom. The van der Waals surface area contributed by atoms with Crippen molar-refractivity contribution in [1.29, 1.82) is 0 Å². The van der Waals surface area contributed by atoms with Crippen molar-refractivity contribution in [1.82, 2.24) is 4.98 Å². The lowest BCUT2D eigenvalue weighted by Crippen LogP contribution is -2.14. The molecular weight excluding hydrogens is 192 g/mol. The van der Waals surface area contributed by atoms with Gasteiger partial charge in [-0.3, -0.25) is 0 Å². The van der Waals surface area contributed by atoms with Gasteiger partial charge < -0.3 is 4.74 Å². The van der Waals surface area contributed by atoms with E-state index < -0.39 is 10.0 Å². The number of nitrogens with two attached hydrogens (primary N) is 1. The summed E-state index contributed by atoms with van der Waals surface area (Å²) in [6.07, 6.45) is 1.44. The molecule has 13 heavy (non-hydrogen) atoms. The van der Waals surface area contributed by atoms with Gasteiger partial charge in [0.25, 0.3) is 0 Å². The molecule has 0 aromatic carbocycles. The molecule has 0 aliphatic rings. The van der Waals surface area contributed by atoms with Crippen LogP contribution in [-0.4, -0.2) is 20.0 Å². The number of rotatable bonds is 3. The van der Waals surface area contributed by atoms with Crippen LogP contribution in [0, 0.1) is 0 Å². The molecule has 0 radical (unpaired) electrons. The Balaban J connectivity index is 3.20. The van der Waals surface area contributed by atoms with Crippen LogP contribution in [0.15, 0.2) is 23.2 Å². The summed E-state index contributed by atoms with van der Waals surface area (Å²) in [5.41, 5.74) is 0. The van der Waals surface area contributed by atoms with Crippen molar-refractivity contribution in [3.63, 3.8) is 0 Å². The number of hydrogen-bond acceptors (Lipinski definition) is 4. The number of ether oxygens (including phenoxy) is 1. The first-order valence-electron chi connectivity index (χ1n) is 3.66. The van der Waals surface area contributed by atoms with Gasteiger partial charge in [-0.25, -0.2) is 18.5 Å². The van der Waals surface area contributed by atoms with Crippen molar-refractivity contribution in [2.45, 2.75) is 11.8 Å². The highest BCUT2D eigenvalue weighted by atomic mass is 32.2. The van der Waals surface area contributed by atoms with E-state index in [1.54, 1.807) is 6.92 Å². The third-order valence-corrected chi connectivity index (χ3v) is 2.25. The predicted octanol–water partition coefficient (Wildman–Crippen LogP) is 0.128. The molecule has 6 heteroatoms. The van der Waals surface area contributed by atoms with Crippen molar-refractivity contribution in [3.05, 3.63) is 18.3 Å². The summed E-state index contributed by atoms with van der Waals surface area (Å²) >= 11 is 0. The third kappa shape index (κ3) is 2.40. The first-order chi connectivity index (χ1) is 6.05. The van der Waals surface area contributed by atoms with E-state index in [9.17, 15) is 8.42 Å². The second-order valence-corrected chi connectivity index (χ2v) is 3.81. The van der Waals surface area contributed by atoms with Gasteiger partial charge in [0.1, 0.15) is 4.90 Å². The van der Waals surface area contributed by atoms with E-state index in [-0.39, 0.29) is 10.8 Å². The number of hydrogen-bond donors (Lipinski definition) is 1. The molecule has 0 bridgehead atoms. The Hall–Kier alpha value is -1.14. The SMILES string of the molecule is CCOc1ncccc1S(N)(=O)=O. The highest BCUT2D eigenvalue weighted by molar-refractivity contribution is 7.89. The van der Waals surface area contributed by atoms with Crippen LogP contribution >= 0.6 is 0 Å². The van der Waals surface area contributed by atoms with Crippen LogP contribution in [0.2, 0.25) is 0 Å². The van der Waals surface area contributed by atoms with Crippen LogP contribution < -0.4 is 9.88 Å². The molecule has 0 fully saturated rings. The fourth-order valence-electron chi connectivity index (χ4n) is 0.838. The minimum Gasteiger partial charge on any atom is -0.477 e. The summed E-state index contributed by atoms with van der Waals surface area (Å²) in [6, 6.07) is 2.84. The van der Waals surface area contributed by atoms with Gasteiger partial charge in [0, 0.05) is 6.20 Å². The average molecular weight is 202 g/mol. The molecule has 72 valence electrons. The predicted molar refractivity (Wildman–Crippen MR) is 46.8 cm³/mol. The summed E-state index contributed by atoms with van der Waals surface area (Å²) < 4.78 is 27.0. The number of primary sulfonamides is 1. The van der Waals surface area contributed by atoms with Crippen LogP contribution in [0.25, 0.3) is 0 Å². The normalized spacial score (nSPS) is 11.2. The Morgan fingerprint density at radius 1 is 1.62 bits per heavy atom. The van der Waals surface area contributed by atoms with Gasteiger partial charge in [-0.05, 0) is 19.1 Å². The Morgan fingerprint density at radius 3 is 2.85 bits per heavy atom. The molecule has 0 spiro atoms. The Labute approximate surface area is 76.6 Å². The zero-order valence-corrected chi connectivity index (χ0v) is 7.91. The van der Waals surface area contributed by atoms with Gasteiger partial charge in [0.15, 0.2) is 0 Å². The molecule has 5 nitrogen and oxygen atoms in total. The number of pyridine rings is 1. The molecule has 0 saturated heterocycles. The number of aromatic nitrogens is 1. The van der Waals surface area contributed by atoms with Crippen molar-refractivity contribution in [2.24, 2.45) is 5.14 Å². The van der Waals surface area contributed by atoms with E-state index in [2.05, 4.69) is 4.98 Å². The molecule has 0 saturated carbocycles. The molecule has 0 atom stereocenters. The molecular formula is C7H10N2O3S. The lowest BCUT2D eigenvalue weighted by atomic mass is 10.5. The van der Waals surface area contributed by atoms with Crippen LogP contribution in [0.1, 0.15) is 6.92 Å². The summed E-state index contributed by atoms with van der Waals surface area (Å²) in [5.74, 6) is 0.0486. The monoisotopic (exact) mass is 202 g/mol. The molecule has 1 heterocycles. The topological polar surface area (TPSA) is 82.3 Å². The Kier molecular flexibility index (Phi) is 2.84. The van der Waals surface area contributed by atoms with Crippen LogP contribution in [-0.2, 0) is 10.0 Å². The summed E-state index contributed by atoms with van der Waals surface area (Å²) in [4.78, 5) is 3.67. The van der Waals surface area contributed by atoms with E-state index in [0.717, 1.165) is 0 Å². The maximum Gasteiger partial charge on any atom is 0.243 e. The lowest BCUT2D eigenvalue weighted by Gasteiger charge is -2.05. The molecule has 0 amide bonds. The van der Waals surface area contributed by atoms with Crippen molar-refractivity contribution < 1.29 is 13.2 Å². The highest BCUT2D eigenvalue weighted by Gasteiger charge is 2.14. The van der Waals surface area contributed by atoms with Crippen LogP contribution in [0.4, 0.5) is 0 Å². The maximum absolute atomic E-state index is 11.0. The van der Waals surface area contributed by atoms with Crippen LogP contribution in [0.5, 0.6) is 5.88 Å². The van der Waals surface area contributed by atoms with Gasteiger partial charge in [-0.2, -0.15) is 0 Å². The molecule has 0 aliphatic carbocycles. The fourth-order valence-corrected chi connectivity index (χ4v) is 1.46. The standard InChI is InChI=1S/C7H10N2O3S/c1-2-12-7-6(13(8,10)11)4-3-5-9-7/h3-5H,2H2,1H3,(H2,8,10,11). The van der Waals surface area contributed by atoms with E-state index >= 15 is 0 Å². The summed E-state index contributed by atoms with van der Waals surface area (Å²) in [5, 5.41) is 4.94. The van der Waals surface area contributed by atoms with Gasteiger partial charge in [-0.1, -0.05) is 0 Å². The minimum atomic E-state index is -3.74. The smallest absolute Gasteiger partial charge is 0.243 e. The number of sulfonamides is 1. The lowest BCUT2D eigenvalue weighted by molar-refractivity contribution is 0.317. The molecule has 0 unspecified atom stereocenters.